The molecular weight excluding hydrogens is 243 g/mol. The van der Waals surface area contributed by atoms with Crippen LogP contribution in [-0.2, 0) is 0 Å². The van der Waals surface area contributed by atoms with Gasteiger partial charge in [0.15, 0.2) is 5.82 Å². The molecule has 5 heteroatoms. The van der Waals surface area contributed by atoms with Gasteiger partial charge in [0.25, 0.3) is 0 Å². The maximum Gasteiger partial charge on any atom is 0.202 e. The summed E-state index contributed by atoms with van der Waals surface area (Å²) in [6.45, 7) is 1.40. The minimum Gasteiger partial charge on any atom is -0.288 e. The molecule has 0 amide bonds. The average molecular weight is 251 g/mol. The van der Waals surface area contributed by atoms with Crippen LogP contribution in [0.2, 0.25) is 0 Å². The normalized spacial score (nSPS) is 10.4. The summed E-state index contributed by atoms with van der Waals surface area (Å²) in [7, 11) is 0. The zero-order chi connectivity index (χ0) is 13.3. The Kier molecular flexibility index (Phi) is 3.14. The van der Waals surface area contributed by atoms with Gasteiger partial charge in [-0.15, -0.1) is 0 Å². The van der Waals surface area contributed by atoms with E-state index in [2.05, 4.69) is 4.98 Å². The standard InChI is InChI=1S/C13H8F3NO/c1-7-2-3-9(14)11(12(7)16)13(18)8-4-5-17-6-10(8)15/h2-6H,1H3. The number of aryl methyl sites for hydroxylation is 1. The zero-order valence-electron chi connectivity index (χ0n) is 9.38. The fraction of sp³-hybridized carbons (Fsp3) is 0.0769. The van der Waals surface area contributed by atoms with E-state index in [0.717, 1.165) is 18.3 Å². The number of halogens is 3. The highest BCUT2D eigenvalue weighted by Gasteiger charge is 2.22. The number of hydrogen-bond acceptors (Lipinski definition) is 2. The van der Waals surface area contributed by atoms with Gasteiger partial charge in [-0.3, -0.25) is 9.78 Å². The number of ketones is 1. The Morgan fingerprint density at radius 3 is 2.50 bits per heavy atom. The number of nitrogens with zero attached hydrogens (tertiary/aromatic N) is 1. The summed E-state index contributed by atoms with van der Waals surface area (Å²) in [4.78, 5) is 15.4. The Balaban J connectivity index is 2.61. The highest BCUT2D eigenvalue weighted by Crippen LogP contribution is 2.20. The van der Waals surface area contributed by atoms with Crippen LogP contribution in [-0.4, -0.2) is 10.8 Å². The fourth-order valence-electron chi connectivity index (χ4n) is 1.56. The van der Waals surface area contributed by atoms with Crippen LogP contribution in [0.25, 0.3) is 0 Å². The quantitative estimate of drug-likeness (QED) is 0.768. The summed E-state index contributed by atoms with van der Waals surface area (Å²) in [5, 5.41) is 0. The van der Waals surface area contributed by atoms with Crippen molar-refractivity contribution in [1.82, 2.24) is 4.98 Å². The number of rotatable bonds is 2. The fourth-order valence-corrected chi connectivity index (χ4v) is 1.56. The first-order valence-corrected chi connectivity index (χ1v) is 5.11. The molecular formula is C13H8F3NO. The van der Waals surface area contributed by atoms with E-state index in [0.29, 0.717) is 0 Å². The lowest BCUT2D eigenvalue weighted by molar-refractivity contribution is 0.102. The molecule has 2 rings (SSSR count). The monoisotopic (exact) mass is 251 g/mol. The van der Waals surface area contributed by atoms with Gasteiger partial charge in [0.05, 0.1) is 17.3 Å². The van der Waals surface area contributed by atoms with Gasteiger partial charge >= 0.3 is 0 Å². The van der Waals surface area contributed by atoms with Crippen molar-refractivity contribution in [2.24, 2.45) is 0 Å². The lowest BCUT2D eigenvalue weighted by Gasteiger charge is -2.06. The van der Waals surface area contributed by atoms with E-state index in [9.17, 15) is 18.0 Å². The van der Waals surface area contributed by atoms with E-state index in [1.165, 1.54) is 19.2 Å². The molecule has 0 fully saturated rings. The SMILES string of the molecule is Cc1ccc(F)c(C(=O)c2ccncc2F)c1F. The lowest BCUT2D eigenvalue weighted by Crippen LogP contribution is -2.10. The van der Waals surface area contributed by atoms with Crippen LogP contribution < -0.4 is 0 Å². The first kappa shape index (κ1) is 12.3. The summed E-state index contributed by atoms with van der Waals surface area (Å²) < 4.78 is 40.6. The minimum absolute atomic E-state index is 0.120. The molecule has 0 unspecified atom stereocenters. The first-order valence-electron chi connectivity index (χ1n) is 5.11. The number of hydrogen-bond donors (Lipinski definition) is 0. The van der Waals surface area contributed by atoms with Crippen molar-refractivity contribution in [2.75, 3.05) is 0 Å². The van der Waals surface area contributed by atoms with Gasteiger partial charge in [-0.05, 0) is 24.6 Å². The van der Waals surface area contributed by atoms with Crippen molar-refractivity contribution >= 4 is 5.78 Å². The molecule has 0 aliphatic rings. The highest BCUT2D eigenvalue weighted by molar-refractivity contribution is 6.09. The van der Waals surface area contributed by atoms with Crippen LogP contribution >= 0.6 is 0 Å². The maximum absolute atomic E-state index is 13.7. The van der Waals surface area contributed by atoms with E-state index in [1.807, 2.05) is 0 Å². The maximum atomic E-state index is 13.7. The summed E-state index contributed by atoms with van der Waals surface area (Å²) in [5.74, 6) is -3.94. The molecule has 0 aliphatic heterocycles. The highest BCUT2D eigenvalue weighted by atomic mass is 19.1. The number of carbonyl (C=O) groups is 1. The van der Waals surface area contributed by atoms with Crippen LogP contribution in [0.3, 0.4) is 0 Å². The van der Waals surface area contributed by atoms with Gasteiger partial charge in [-0.1, -0.05) is 6.07 Å². The van der Waals surface area contributed by atoms with Crippen molar-refractivity contribution < 1.29 is 18.0 Å². The molecule has 1 aromatic carbocycles. The minimum atomic E-state index is -1.03. The summed E-state index contributed by atoms with van der Waals surface area (Å²) in [6.07, 6.45) is 2.00. The van der Waals surface area contributed by atoms with E-state index in [-0.39, 0.29) is 5.56 Å². The van der Waals surface area contributed by atoms with Crippen LogP contribution in [0.4, 0.5) is 13.2 Å². The Morgan fingerprint density at radius 1 is 1.11 bits per heavy atom. The smallest absolute Gasteiger partial charge is 0.202 e. The molecule has 0 aliphatic carbocycles. The number of aromatic nitrogens is 1. The van der Waals surface area contributed by atoms with Crippen molar-refractivity contribution in [2.45, 2.75) is 6.92 Å². The number of benzene rings is 1. The third kappa shape index (κ3) is 1.99. The summed E-state index contributed by atoms with van der Waals surface area (Å²) >= 11 is 0. The molecule has 1 heterocycles. The average Bonchev–Trinajstić information content (AvgIpc) is 2.35. The molecule has 1 aromatic heterocycles. The molecule has 0 atom stereocenters. The van der Waals surface area contributed by atoms with Crippen molar-refractivity contribution in [3.63, 3.8) is 0 Å². The molecule has 92 valence electrons. The van der Waals surface area contributed by atoms with Gasteiger partial charge in [0, 0.05) is 6.20 Å². The second kappa shape index (κ2) is 4.60. The largest absolute Gasteiger partial charge is 0.288 e. The topological polar surface area (TPSA) is 30.0 Å². The molecule has 0 saturated heterocycles. The van der Waals surface area contributed by atoms with E-state index in [4.69, 9.17) is 0 Å². The Bertz CT molecular complexity index is 626. The van der Waals surface area contributed by atoms with Gasteiger partial charge in [0.1, 0.15) is 11.6 Å². The Morgan fingerprint density at radius 2 is 1.83 bits per heavy atom. The van der Waals surface area contributed by atoms with Gasteiger partial charge in [-0.25, -0.2) is 13.2 Å². The van der Waals surface area contributed by atoms with Crippen LogP contribution in [0.5, 0.6) is 0 Å². The van der Waals surface area contributed by atoms with Crippen molar-refractivity contribution in [1.29, 1.82) is 0 Å². The molecule has 0 saturated carbocycles. The summed E-state index contributed by atoms with van der Waals surface area (Å²) in [5.41, 5.74) is -1.04. The van der Waals surface area contributed by atoms with Crippen molar-refractivity contribution in [3.05, 3.63) is 64.7 Å². The number of carbonyl (C=O) groups excluding carboxylic acids is 1. The van der Waals surface area contributed by atoms with Crippen LogP contribution in [0.1, 0.15) is 21.5 Å². The number of pyridine rings is 1. The predicted octanol–water partition coefficient (Wildman–Crippen LogP) is 3.04. The van der Waals surface area contributed by atoms with Crippen LogP contribution in [0.15, 0.2) is 30.6 Å². The third-order valence-corrected chi connectivity index (χ3v) is 2.53. The molecule has 2 nitrogen and oxygen atoms in total. The molecule has 0 N–H and O–H groups in total. The zero-order valence-corrected chi connectivity index (χ0v) is 9.38. The van der Waals surface area contributed by atoms with E-state index >= 15 is 0 Å². The van der Waals surface area contributed by atoms with Crippen molar-refractivity contribution in [3.8, 4) is 0 Å². The third-order valence-electron chi connectivity index (χ3n) is 2.53. The van der Waals surface area contributed by atoms with Gasteiger partial charge < -0.3 is 0 Å². The Hall–Kier alpha value is -2.17. The van der Waals surface area contributed by atoms with Crippen LogP contribution in [0, 0.1) is 24.4 Å². The second-order valence-corrected chi connectivity index (χ2v) is 3.74. The molecule has 0 spiro atoms. The molecule has 2 aromatic rings. The first-order chi connectivity index (χ1) is 8.52. The molecule has 0 bridgehead atoms. The van der Waals surface area contributed by atoms with E-state index in [1.54, 1.807) is 0 Å². The predicted molar refractivity (Wildman–Crippen MR) is 58.7 cm³/mol. The Labute approximate surface area is 101 Å². The summed E-state index contributed by atoms with van der Waals surface area (Å²) in [6, 6.07) is 3.27. The van der Waals surface area contributed by atoms with Gasteiger partial charge in [-0.2, -0.15) is 0 Å². The van der Waals surface area contributed by atoms with Gasteiger partial charge in [0.2, 0.25) is 5.78 Å². The van der Waals surface area contributed by atoms with E-state index < -0.39 is 34.4 Å². The molecule has 0 radical (unpaired) electrons. The lowest BCUT2D eigenvalue weighted by atomic mass is 10.0. The second-order valence-electron chi connectivity index (χ2n) is 3.74. The molecule has 18 heavy (non-hydrogen) atoms.